The molecule has 0 aromatic heterocycles. The van der Waals surface area contributed by atoms with Gasteiger partial charge in [-0.1, -0.05) is 12.8 Å². The maximum atomic E-state index is 13.3. The van der Waals surface area contributed by atoms with Gasteiger partial charge in [-0.25, -0.2) is 4.39 Å². The number of amides is 1. The largest absolute Gasteiger partial charge is 0.396 e. The van der Waals surface area contributed by atoms with E-state index in [2.05, 4.69) is 27.5 Å². The molecule has 0 spiro atoms. The Bertz CT molecular complexity index is 518. The van der Waals surface area contributed by atoms with E-state index < -0.39 is 5.82 Å². The summed E-state index contributed by atoms with van der Waals surface area (Å²) in [6.07, 6.45) is 6.76. The molecule has 1 aromatic rings. The molecule has 110 valence electrons. The minimum Gasteiger partial charge on any atom is -0.396 e. The van der Waals surface area contributed by atoms with Crippen LogP contribution in [0.4, 0.5) is 10.1 Å². The summed E-state index contributed by atoms with van der Waals surface area (Å²) in [6, 6.07) is 2.60. The summed E-state index contributed by atoms with van der Waals surface area (Å²) >= 11 is 5.02. The van der Waals surface area contributed by atoms with Crippen molar-refractivity contribution in [2.45, 2.75) is 30.4 Å². The smallest absolute Gasteiger partial charge is 0.252 e. The molecule has 6 heteroatoms. The summed E-state index contributed by atoms with van der Waals surface area (Å²) in [5.74, 6) is -0.742. The minimum absolute atomic E-state index is 0.0150. The van der Waals surface area contributed by atoms with Gasteiger partial charge >= 0.3 is 0 Å². The molecule has 1 aromatic carbocycles. The maximum absolute atomic E-state index is 13.3. The Morgan fingerprint density at radius 1 is 1.50 bits per heavy atom. The summed E-state index contributed by atoms with van der Waals surface area (Å²) in [5, 5.41) is 2.95. The number of carbonyl (C=O) groups is 1. The third-order valence-electron chi connectivity index (χ3n) is 3.85. The number of rotatable bonds is 4. The average molecular weight is 361 g/mol. The Labute approximate surface area is 131 Å². The molecule has 3 N–H and O–H groups in total. The number of nitrogen functional groups attached to an aromatic ring is 1. The quantitative estimate of drug-likeness (QED) is 0.806. The molecule has 1 fully saturated rings. The van der Waals surface area contributed by atoms with Crippen molar-refractivity contribution in [3.8, 4) is 0 Å². The highest BCUT2D eigenvalue weighted by atomic mass is 79.9. The molecule has 3 nitrogen and oxygen atoms in total. The van der Waals surface area contributed by atoms with Gasteiger partial charge < -0.3 is 11.1 Å². The Morgan fingerprint density at radius 3 is 2.75 bits per heavy atom. The summed E-state index contributed by atoms with van der Waals surface area (Å²) in [5.41, 5.74) is 5.88. The Morgan fingerprint density at radius 2 is 2.15 bits per heavy atom. The fourth-order valence-corrected chi connectivity index (χ4v) is 3.96. The van der Waals surface area contributed by atoms with Crippen LogP contribution in [0.25, 0.3) is 0 Å². The molecule has 0 radical (unpaired) electrons. The van der Waals surface area contributed by atoms with Crippen molar-refractivity contribution in [3.63, 3.8) is 0 Å². The first-order valence-electron chi connectivity index (χ1n) is 6.55. The van der Waals surface area contributed by atoms with Crippen molar-refractivity contribution < 1.29 is 9.18 Å². The van der Waals surface area contributed by atoms with E-state index in [0.29, 0.717) is 16.6 Å². The molecule has 1 aliphatic carbocycles. The van der Waals surface area contributed by atoms with E-state index in [1.165, 1.54) is 25.0 Å². The van der Waals surface area contributed by atoms with Gasteiger partial charge in [0.15, 0.2) is 0 Å². The van der Waals surface area contributed by atoms with E-state index in [1.54, 1.807) is 0 Å². The van der Waals surface area contributed by atoms with Gasteiger partial charge in [-0.3, -0.25) is 4.79 Å². The summed E-state index contributed by atoms with van der Waals surface area (Å²) in [6.45, 7) is 0.636. The van der Waals surface area contributed by atoms with E-state index in [0.717, 1.165) is 12.8 Å². The fraction of sp³-hybridized carbons (Fsp3) is 0.500. The predicted octanol–water partition coefficient (Wildman–Crippen LogP) is 3.58. The Kier molecular flexibility index (Phi) is 4.96. The van der Waals surface area contributed by atoms with Crippen LogP contribution in [0.2, 0.25) is 0 Å². The number of hydrogen-bond acceptors (Lipinski definition) is 3. The van der Waals surface area contributed by atoms with Gasteiger partial charge in [0.25, 0.3) is 5.91 Å². The van der Waals surface area contributed by atoms with Gasteiger partial charge in [-0.2, -0.15) is 11.8 Å². The predicted molar refractivity (Wildman–Crippen MR) is 85.6 cm³/mol. The summed E-state index contributed by atoms with van der Waals surface area (Å²) in [4.78, 5) is 12.2. The van der Waals surface area contributed by atoms with Gasteiger partial charge in [0, 0.05) is 15.8 Å². The number of anilines is 1. The zero-order valence-corrected chi connectivity index (χ0v) is 13.7. The molecule has 1 aliphatic rings. The Hall–Kier alpha value is -0.750. The van der Waals surface area contributed by atoms with Crippen LogP contribution in [0.5, 0.6) is 0 Å². The van der Waals surface area contributed by atoms with E-state index in [9.17, 15) is 9.18 Å². The van der Waals surface area contributed by atoms with Crippen molar-refractivity contribution in [3.05, 3.63) is 28.0 Å². The molecule has 0 heterocycles. The van der Waals surface area contributed by atoms with Crippen molar-refractivity contribution in [1.82, 2.24) is 5.32 Å². The van der Waals surface area contributed by atoms with Crippen molar-refractivity contribution in [1.29, 1.82) is 0 Å². The third-order valence-corrected chi connectivity index (χ3v) is 5.92. The van der Waals surface area contributed by atoms with Gasteiger partial charge in [0.2, 0.25) is 0 Å². The van der Waals surface area contributed by atoms with Gasteiger partial charge in [-0.15, -0.1) is 0 Å². The normalized spacial score (nSPS) is 17.1. The zero-order chi connectivity index (χ0) is 14.8. The summed E-state index contributed by atoms with van der Waals surface area (Å²) < 4.78 is 13.8. The highest BCUT2D eigenvalue weighted by Gasteiger charge is 2.33. The highest BCUT2D eigenvalue weighted by molar-refractivity contribution is 9.10. The van der Waals surface area contributed by atoms with Crippen molar-refractivity contribution in [2.75, 3.05) is 18.5 Å². The molecular weight excluding hydrogens is 343 g/mol. The molecule has 0 aliphatic heterocycles. The maximum Gasteiger partial charge on any atom is 0.252 e. The number of hydrogen-bond donors (Lipinski definition) is 2. The first-order valence-corrected chi connectivity index (χ1v) is 8.57. The van der Waals surface area contributed by atoms with Crippen LogP contribution >= 0.6 is 27.7 Å². The number of benzene rings is 1. The van der Waals surface area contributed by atoms with E-state index in [-0.39, 0.29) is 16.3 Å². The van der Waals surface area contributed by atoms with Crippen LogP contribution in [-0.4, -0.2) is 23.5 Å². The first kappa shape index (κ1) is 15.6. The van der Waals surface area contributed by atoms with E-state index in [4.69, 9.17) is 5.73 Å². The molecule has 20 heavy (non-hydrogen) atoms. The number of halogens is 2. The van der Waals surface area contributed by atoms with Crippen LogP contribution in [0.1, 0.15) is 36.0 Å². The number of nitrogens with one attached hydrogen (secondary N) is 1. The highest BCUT2D eigenvalue weighted by Crippen LogP contribution is 2.39. The molecule has 1 amide bonds. The SMILES string of the molecule is CSC1(CNC(=O)c2cc(N)c(F)cc2Br)CCCC1. The van der Waals surface area contributed by atoms with Crippen LogP contribution in [0.3, 0.4) is 0 Å². The Balaban J connectivity index is 2.07. The number of carbonyl (C=O) groups excluding carboxylic acids is 1. The van der Waals surface area contributed by atoms with Crippen LogP contribution in [0, 0.1) is 5.82 Å². The van der Waals surface area contributed by atoms with Crippen molar-refractivity contribution in [2.24, 2.45) is 0 Å². The lowest BCUT2D eigenvalue weighted by molar-refractivity contribution is 0.0949. The molecule has 0 atom stereocenters. The molecule has 0 bridgehead atoms. The minimum atomic E-state index is -0.523. The van der Waals surface area contributed by atoms with Crippen molar-refractivity contribution >= 4 is 39.3 Å². The fourth-order valence-electron chi connectivity index (χ4n) is 2.55. The number of nitrogens with two attached hydrogens (primary N) is 1. The lowest BCUT2D eigenvalue weighted by Gasteiger charge is -2.27. The second-order valence-electron chi connectivity index (χ2n) is 5.13. The molecule has 0 unspecified atom stereocenters. The monoisotopic (exact) mass is 360 g/mol. The van der Waals surface area contributed by atoms with Gasteiger partial charge in [0.05, 0.1) is 11.3 Å². The molecule has 0 saturated heterocycles. The van der Waals surface area contributed by atoms with Crippen LogP contribution < -0.4 is 11.1 Å². The van der Waals surface area contributed by atoms with Gasteiger partial charge in [0.1, 0.15) is 5.82 Å². The molecule has 2 rings (SSSR count). The average Bonchev–Trinajstić information content (AvgIpc) is 2.90. The number of thioether (sulfide) groups is 1. The summed E-state index contributed by atoms with van der Waals surface area (Å²) in [7, 11) is 0. The first-order chi connectivity index (χ1) is 9.47. The van der Waals surface area contributed by atoms with Crippen LogP contribution in [-0.2, 0) is 0 Å². The second-order valence-corrected chi connectivity index (χ2v) is 7.26. The van der Waals surface area contributed by atoms with Gasteiger partial charge in [-0.05, 0) is 47.2 Å². The zero-order valence-electron chi connectivity index (χ0n) is 11.3. The molecular formula is C14H18BrFN2OS. The molecule has 1 saturated carbocycles. The lowest BCUT2D eigenvalue weighted by atomic mass is 10.1. The third kappa shape index (κ3) is 3.28. The lowest BCUT2D eigenvalue weighted by Crippen LogP contribution is -2.38. The standard InChI is InChI=1S/C14H18BrFN2OS/c1-20-14(4-2-3-5-14)8-18-13(19)9-6-12(17)11(16)7-10(9)15/h6-7H,2-5,8,17H2,1H3,(H,18,19). The van der Waals surface area contributed by atoms with E-state index >= 15 is 0 Å². The topological polar surface area (TPSA) is 55.1 Å². The second kappa shape index (κ2) is 6.35. The van der Waals surface area contributed by atoms with Crippen LogP contribution in [0.15, 0.2) is 16.6 Å². The van der Waals surface area contributed by atoms with E-state index in [1.807, 2.05) is 11.8 Å².